The van der Waals surface area contributed by atoms with Crippen LogP contribution in [0.2, 0.25) is 5.02 Å². The van der Waals surface area contributed by atoms with E-state index in [2.05, 4.69) is 0 Å². The predicted octanol–water partition coefficient (Wildman–Crippen LogP) is 2.73. The summed E-state index contributed by atoms with van der Waals surface area (Å²) in [4.78, 5) is 9.95. The molecule has 120 valence electrons. The van der Waals surface area contributed by atoms with Crippen molar-refractivity contribution < 1.29 is 18.4 Å². The molecule has 0 unspecified atom stereocenters. The fourth-order valence-corrected chi connectivity index (χ4v) is 2.64. The topological polar surface area (TPSA) is 112 Å². The molecule has 2 aromatic carbocycles. The zero-order chi connectivity index (χ0) is 17.0. The van der Waals surface area contributed by atoms with E-state index in [0.717, 1.165) is 23.6 Å². The van der Waals surface area contributed by atoms with Crippen molar-refractivity contribution in [3.05, 3.63) is 68.6 Å². The Morgan fingerprint density at radius 1 is 1.13 bits per heavy atom. The Labute approximate surface area is 137 Å². The second kappa shape index (κ2) is 6.67. The van der Waals surface area contributed by atoms with Gasteiger partial charge in [-0.05, 0) is 23.8 Å². The molecule has 0 radical (unpaired) electrons. The van der Waals surface area contributed by atoms with Gasteiger partial charge in [-0.15, -0.1) is 0 Å². The highest BCUT2D eigenvalue weighted by Crippen LogP contribution is 2.26. The Hall–Kier alpha value is -2.58. The summed E-state index contributed by atoms with van der Waals surface area (Å²) in [7, 11) is -3.99. The summed E-state index contributed by atoms with van der Waals surface area (Å²) in [5.41, 5.74) is -0.190. The third-order valence-electron chi connectivity index (χ3n) is 2.74. The Bertz CT molecular complexity index is 863. The molecule has 0 aliphatic heterocycles. The van der Waals surface area contributed by atoms with E-state index in [0.29, 0.717) is 10.6 Å². The van der Waals surface area contributed by atoms with Gasteiger partial charge in [0.25, 0.3) is 15.7 Å². The summed E-state index contributed by atoms with van der Waals surface area (Å²) < 4.78 is 25.9. The van der Waals surface area contributed by atoms with Gasteiger partial charge in [-0.3, -0.25) is 14.8 Å². The van der Waals surface area contributed by atoms with Crippen LogP contribution in [0.25, 0.3) is 6.08 Å². The van der Waals surface area contributed by atoms with Crippen LogP contribution in [-0.4, -0.2) is 13.3 Å². The lowest BCUT2D eigenvalue weighted by Gasteiger charge is -2.13. The number of nitro benzene ring substituents is 1. The van der Waals surface area contributed by atoms with Crippen LogP contribution in [0.5, 0.6) is 5.75 Å². The third kappa shape index (κ3) is 4.70. The van der Waals surface area contributed by atoms with Crippen LogP contribution in [-0.2, 0) is 10.0 Å². The largest absolute Gasteiger partial charge is 0.871 e. The maximum absolute atomic E-state index is 11.9. The van der Waals surface area contributed by atoms with Crippen LogP contribution in [0, 0.1) is 10.1 Å². The van der Waals surface area contributed by atoms with Crippen molar-refractivity contribution in [1.29, 1.82) is 0 Å². The molecule has 1 N–H and O–H groups in total. The molecule has 0 aromatic heterocycles. The number of benzene rings is 2. The summed E-state index contributed by atoms with van der Waals surface area (Å²) >= 11 is 5.72. The molecule has 0 aliphatic carbocycles. The second-order valence-electron chi connectivity index (χ2n) is 4.44. The summed E-state index contributed by atoms with van der Waals surface area (Å²) in [5, 5.41) is 23.6. The van der Waals surface area contributed by atoms with Gasteiger partial charge in [-0.25, -0.2) is 8.42 Å². The Morgan fingerprint density at radius 2 is 1.78 bits per heavy atom. The number of hydrogen-bond acceptors (Lipinski definition) is 5. The maximum atomic E-state index is 11.9. The van der Waals surface area contributed by atoms with Crippen LogP contribution in [0.15, 0.2) is 47.9 Å². The first-order chi connectivity index (χ1) is 10.8. The zero-order valence-corrected chi connectivity index (χ0v) is 13.0. The molecular weight excluding hydrogens is 344 g/mol. The van der Waals surface area contributed by atoms with Gasteiger partial charge in [0, 0.05) is 22.8 Å². The van der Waals surface area contributed by atoms with Gasteiger partial charge < -0.3 is 5.11 Å². The van der Waals surface area contributed by atoms with Crippen molar-refractivity contribution in [2.45, 2.75) is 0 Å². The number of halogens is 1. The Balaban J connectivity index is 2.22. The van der Waals surface area contributed by atoms with Gasteiger partial charge in [0.05, 0.1) is 10.3 Å². The van der Waals surface area contributed by atoms with Gasteiger partial charge in [0.1, 0.15) is 0 Å². The molecule has 0 aliphatic rings. The molecule has 23 heavy (non-hydrogen) atoms. The van der Waals surface area contributed by atoms with Crippen molar-refractivity contribution >= 4 is 39.1 Å². The summed E-state index contributed by atoms with van der Waals surface area (Å²) in [6.45, 7) is 0. The number of non-ortho nitro benzene ring substituents is 1. The quantitative estimate of drug-likeness (QED) is 0.656. The molecule has 0 amide bonds. The first-order valence-electron chi connectivity index (χ1n) is 6.19. The van der Waals surface area contributed by atoms with E-state index in [1.54, 1.807) is 24.3 Å². The van der Waals surface area contributed by atoms with E-state index in [-0.39, 0.29) is 11.4 Å². The fourth-order valence-electron chi connectivity index (χ4n) is 1.64. The van der Waals surface area contributed by atoms with E-state index in [4.69, 9.17) is 11.6 Å². The van der Waals surface area contributed by atoms with Crippen molar-refractivity contribution in [1.82, 2.24) is 0 Å². The third-order valence-corrected chi connectivity index (χ3v) is 3.99. The van der Waals surface area contributed by atoms with Gasteiger partial charge in [-0.1, -0.05) is 35.5 Å². The van der Waals surface area contributed by atoms with Crippen molar-refractivity contribution in [3.8, 4) is 5.75 Å². The molecule has 0 atom stereocenters. The van der Waals surface area contributed by atoms with E-state index in [1.165, 1.54) is 6.08 Å². The number of rotatable bonds is 5. The number of hydrogen-bond donors (Lipinski definition) is 1. The maximum Gasteiger partial charge on any atom is 0.271 e. The van der Waals surface area contributed by atoms with Crippen LogP contribution in [0.1, 0.15) is 5.56 Å². The van der Waals surface area contributed by atoms with E-state index in [1.807, 2.05) is 4.72 Å². The molecule has 0 bridgehead atoms. The van der Waals surface area contributed by atoms with Gasteiger partial charge in [0.2, 0.25) is 0 Å². The number of anilines is 1. The van der Waals surface area contributed by atoms with Crippen molar-refractivity contribution in [3.63, 3.8) is 0 Å². The van der Waals surface area contributed by atoms with Crippen LogP contribution >= 0.6 is 11.6 Å². The second-order valence-corrected chi connectivity index (χ2v) is 6.44. The number of nitro groups is 1. The SMILES string of the molecule is O=[N+]([O-])c1ccc([O-])c(NS(=O)(=O)/C=C/c2ccc(Cl)cc2)c1. The lowest BCUT2D eigenvalue weighted by atomic mass is 10.2. The molecule has 0 saturated carbocycles. The molecule has 0 saturated heterocycles. The predicted molar refractivity (Wildman–Crippen MR) is 85.6 cm³/mol. The van der Waals surface area contributed by atoms with Crippen LogP contribution < -0.4 is 9.83 Å². The summed E-state index contributed by atoms with van der Waals surface area (Å²) in [6, 6.07) is 9.22. The summed E-state index contributed by atoms with van der Waals surface area (Å²) in [5.74, 6) is -0.668. The minimum Gasteiger partial charge on any atom is -0.871 e. The van der Waals surface area contributed by atoms with Gasteiger partial charge >= 0.3 is 0 Å². The lowest BCUT2D eigenvalue weighted by Crippen LogP contribution is -2.11. The minimum absolute atomic E-state index is 0.385. The van der Waals surface area contributed by atoms with E-state index >= 15 is 0 Å². The standard InChI is InChI=1S/C14H11ClN2O5S/c15-11-3-1-10(2-4-11)7-8-23(21,22)16-13-9-12(17(19)20)5-6-14(13)18/h1-9,16,18H/p-1/b8-7+. The Kier molecular flexibility index (Phi) is 4.87. The van der Waals surface area contributed by atoms with E-state index in [9.17, 15) is 23.6 Å². The fraction of sp³-hybridized carbons (Fsp3) is 0. The lowest BCUT2D eigenvalue weighted by molar-refractivity contribution is -0.385. The van der Waals surface area contributed by atoms with Crippen LogP contribution in [0.3, 0.4) is 0 Å². The molecule has 0 spiro atoms. The number of nitrogens with zero attached hydrogens (tertiary/aromatic N) is 1. The Morgan fingerprint density at radius 3 is 2.39 bits per heavy atom. The normalized spacial score (nSPS) is 11.5. The van der Waals surface area contributed by atoms with Crippen molar-refractivity contribution in [2.24, 2.45) is 0 Å². The molecule has 0 heterocycles. The highest BCUT2D eigenvalue weighted by Gasteiger charge is 2.11. The van der Waals surface area contributed by atoms with Gasteiger partial charge in [0.15, 0.2) is 0 Å². The molecule has 7 nitrogen and oxygen atoms in total. The minimum atomic E-state index is -3.99. The average molecular weight is 354 g/mol. The first kappa shape index (κ1) is 16.8. The first-order valence-corrected chi connectivity index (χ1v) is 8.11. The molecule has 2 rings (SSSR count). The molecule has 0 fully saturated rings. The average Bonchev–Trinajstić information content (AvgIpc) is 2.48. The molecule has 2 aromatic rings. The molecule has 9 heteroatoms. The highest BCUT2D eigenvalue weighted by atomic mass is 35.5. The number of nitrogens with one attached hydrogen (secondary N) is 1. The highest BCUT2D eigenvalue weighted by molar-refractivity contribution is 7.95. The summed E-state index contributed by atoms with van der Waals surface area (Å²) in [6.07, 6.45) is 1.31. The molecular formula is C14H10ClN2O5S-. The van der Waals surface area contributed by atoms with Gasteiger partial charge in [-0.2, -0.15) is 0 Å². The van der Waals surface area contributed by atoms with Crippen molar-refractivity contribution in [2.75, 3.05) is 4.72 Å². The number of sulfonamides is 1. The zero-order valence-electron chi connectivity index (χ0n) is 11.5. The monoisotopic (exact) mass is 353 g/mol. The van der Waals surface area contributed by atoms with Crippen LogP contribution in [0.4, 0.5) is 11.4 Å². The van der Waals surface area contributed by atoms with E-state index < -0.39 is 20.7 Å². The smallest absolute Gasteiger partial charge is 0.271 e.